The number of rotatable bonds is 4. The number of hydrogen-bond donors (Lipinski definition) is 2. The molecule has 1 aliphatic rings. The van der Waals surface area contributed by atoms with Gasteiger partial charge in [-0.1, -0.05) is 36.4 Å². The van der Waals surface area contributed by atoms with Crippen molar-refractivity contribution in [1.29, 1.82) is 0 Å². The molecule has 2 aromatic carbocycles. The van der Waals surface area contributed by atoms with Gasteiger partial charge < -0.3 is 15.0 Å². The van der Waals surface area contributed by atoms with Crippen LogP contribution in [0.15, 0.2) is 42.5 Å². The Hall–Kier alpha value is -2.82. The van der Waals surface area contributed by atoms with Gasteiger partial charge in [0.25, 0.3) is 0 Å². The highest BCUT2D eigenvalue weighted by Crippen LogP contribution is 2.34. The van der Waals surface area contributed by atoms with Crippen LogP contribution in [0.2, 0.25) is 0 Å². The number of aromatic amines is 1. The molecule has 4 rings (SSSR count). The molecular weight excluding hydrogens is 302 g/mol. The van der Waals surface area contributed by atoms with E-state index in [2.05, 4.69) is 22.4 Å². The van der Waals surface area contributed by atoms with Crippen molar-refractivity contribution < 1.29 is 9.53 Å². The van der Waals surface area contributed by atoms with Crippen molar-refractivity contribution >= 4 is 16.9 Å². The third kappa shape index (κ3) is 2.52. The van der Waals surface area contributed by atoms with Crippen molar-refractivity contribution in [1.82, 2.24) is 15.3 Å². The fourth-order valence-corrected chi connectivity index (χ4v) is 3.36. The number of amides is 1. The SMILES string of the molecule is COc1ccc(C2CCNC2=O)c2[nH]c(Cc3ccccc3)nc12. The van der Waals surface area contributed by atoms with E-state index in [1.807, 2.05) is 30.3 Å². The number of H-pyrrole nitrogens is 1. The van der Waals surface area contributed by atoms with Crippen molar-refractivity contribution in [2.45, 2.75) is 18.8 Å². The number of hydrogen-bond acceptors (Lipinski definition) is 3. The van der Waals surface area contributed by atoms with Gasteiger partial charge in [-0.3, -0.25) is 4.79 Å². The maximum atomic E-state index is 12.1. The number of ether oxygens (including phenoxy) is 1. The molecular formula is C19H19N3O2. The Kier molecular flexibility index (Phi) is 3.69. The summed E-state index contributed by atoms with van der Waals surface area (Å²) in [5, 5.41) is 2.90. The Morgan fingerprint density at radius 1 is 1.21 bits per heavy atom. The second kappa shape index (κ2) is 6.00. The summed E-state index contributed by atoms with van der Waals surface area (Å²) in [7, 11) is 1.64. The van der Waals surface area contributed by atoms with Crippen LogP contribution in [-0.4, -0.2) is 29.5 Å². The number of fused-ring (bicyclic) bond motifs is 1. The average molecular weight is 321 g/mol. The van der Waals surface area contributed by atoms with E-state index in [1.54, 1.807) is 7.11 Å². The molecule has 5 nitrogen and oxygen atoms in total. The highest BCUT2D eigenvalue weighted by molar-refractivity contribution is 5.93. The highest BCUT2D eigenvalue weighted by atomic mass is 16.5. The van der Waals surface area contributed by atoms with Gasteiger partial charge in [-0.05, 0) is 23.6 Å². The van der Waals surface area contributed by atoms with E-state index in [1.165, 1.54) is 5.56 Å². The van der Waals surface area contributed by atoms with Crippen LogP contribution in [0, 0.1) is 0 Å². The molecule has 1 aliphatic heterocycles. The second-order valence-corrected chi connectivity index (χ2v) is 6.06. The first-order valence-corrected chi connectivity index (χ1v) is 8.13. The number of nitrogens with zero attached hydrogens (tertiary/aromatic N) is 1. The predicted octanol–water partition coefficient (Wildman–Crippen LogP) is 2.77. The molecule has 1 aromatic heterocycles. The van der Waals surface area contributed by atoms with Gasteiger partial charge in [0.2, 0.25) is 5.91 Å². The zero-order chi connectivity index (χ0) is 16.5. The molecule has 1 saturated heterocycles. The lowest BCUT2D eigenvalue weighted by molar-refractivity contribution is -0.120. The molecule has 0 saturated carbocycles. The van der Waals surface area contributed by atoms with Crippen molar-refractivity contribution in [3.63, 3.8) is 0 Å². The second-order valence-electron chi connectivity index (χ2n) is 6.06. The van der Waals surface area contributed by atoms with E-state index in [9.17, 15) is 4.79 Å². The van der Waals surface area contributed by atoms with Crippen LogP contribution in [0.1, 0.15) is 29.3 Å². The summed E-state index contributed by atoms with van der Waals surface area (Å²) >= 11 is 0. The summed E-state index contributed by atoms with van der Waals surface area (Å²) < 4.78 is 5.45. The summed E-state index contributed by atoms with van der Waals surface area (Å²) in [6, 6.07) is 14.1. The molecule has 122 valence electrons. The number of carbonyl (C=O) groups excluding carboxylic acids is 1. The monoisotopic (exact) mass is 321 g/mol. The van der Waals surface area contributed by atoms with E-state index in [4.69, 9.17) is 9.72 Å². The van der Waals surface area contributed by atoms with E-state index < -0.39 is 0 Å². The number of carbonyl (C=O) groups is 1. The van der Waals surface area contributed by atoms with Crippen LogP contribution >= 0.6 is 0 Å². The minimum Gasteiger partial charge on any atom is -0.494 e. The zero-order valence-electron chi connectivity index (χ0n) is 13.5. The van der Waals surface area contributed by atoms with E-state index in [0.717, 1.165) is 47.6 Å². The minimum atomic E-state index is -0.122. The molecule has 5 heteroatoms. The van der Waals surface area contributed by atoms with Crippen LogP contribution in [0.4, 0.5) is 0 Å². The maximum absolute atomic E-state index is 12.1. The maximum Gasteiger partial charge on any atom is 0.227 e. The molecule has 1 atom stereocenters. The summed E-state index contributed by atoms with van der Waals surface area (Å²) in [6.45, 7) is 0.724. The number of imidazole rings is 1. The van der Waals surface area contributed by atoms with Crippen molar-refractivity contribution in [2.24, 2.45) is 0 Å². The molecule has 24 heavy (non-hydrogen) atoms. The molecule has 1 unspecified atom stereocenters. The van der Waals surface area contributed by atoms with Crippen LogP contribution in [0.25, 0.3) is 11.0 Å². The van der Waals surface area contributed by atoms with Gasteiger partial charge in [0, 0.05) is 13.0 Å². The molecule has 2 heterocycles. The molecule has 3 aromatic rings. The number of benzene rings is 2. The Morgan fingerprint density at radius 2 is 2.04 bits per heavy atom. The largest absolute Gasteiger partial charge is 0.494 e. The standard InChI is InChI=1S/C19H19N3O2/c1-24-15-8-7-13(14-9-10-20-19(14)23)17-18(15)22-16(21-17)11-12-5-3-2-4-6-12/h2-8,14H,9-11H2,1H3,(H,20,23)(H,21,22). The van der Waals surface area contributed by atoms with Crippen molar-refractivity contribution in [3.8, 4) is 5.75 Å². The van der Waals surface area contributed by atoms with Gasteiger partial charge in [0.15, 0.2) is 0 Å². The van der Waals surface area contributed by atoms with E-state index in [0.29, 0.717) is 0 Å². The Balaban J connectivity index is 1.79. The van der Waals surface area contributed by atoms with Crippen LogP contribution in [-0.2, 0) is 11.2 Å². The molecule has 1 fully saturated rings. The Morgan fingerprint density at radius 3 is 2.75 bits per heavy atom. The number of methoxy groups -OCH3 is 1. The topological polar surface area (TPSA) is 67.0 Å². The highest BCUT2D eigenvalue weighted by Gasteiger charge is 2.28. The predicted molar refractivity (Wildman–Crippen MR) is 92.3 cm³/mol. The van der Waals surface area contributed by atoms with Crippen LogP contribution in [0.3, 0.4) is 0 Å². The van der Waals surface area contributed by atoms with Crippen LogP contribution in [0.5, 0.6) is 5.75 Å². The summed E-state index contributed by atoms with van der Waals surface area (Å²) in [5.41, 5.74) is 3.88. The van der Waals surface area contributed by atoms with Gasteiger partial charge in [-0.25, -0.2) is 4.98 Å². The molecule has 0 bridgehead atoms. The first-order valence-electron chi connectivity index (χ1n) is 8.13. The molecule has 0 spiro atoms. The number of nitrogens with one attached hydrogen (secondary N) is 2. The van der Waals surface area contributed by atoms with E-state index >= 15 is 0 Å². The first kappa shape index (κ1) is 14.8. The summed E-state index contributed by atoms with van der Waals surface area (Å²) in [6.07, 6.45) is 1.53. The molecule has 0 radical (unpaired) electrons. The van der Waals surface area contributed by atoms with Crippen molar-refractivity contribution in [3.05, 3.63) is 59.4 Å². The fourth-order valence-electron chi connectivity index (χ4n) is 3.36. The quantitative estimate of drug-likeness (QED) is 0.776. The minimum absolute atomic E-state index is 0.0840. The fraction of sp³-hybridized carbons (Fsp3) is 0.263. The van der Waals surface area contributed by atoms with Crippen LogP contribution < -0.4 is 10.1 Å². The Labute approximate surface area is 140 Å². The number of aromatic nitrogens is 2. The van der Waals surface area contributed by atoms with Gasteiger partial charge >= 0.3 is 0 Å². The van der Waals surface area contributed by atoms with Gasteiger partial charge in [0.1, 0.15) is 17.1 Å². The third-order valence-electron chi connectivity index (χ3n) is 4.55. The van der Waals surface area contributed by atoms with Crippen molar-refractivity contribution in [2.75, 3.05) is 13.7 Å². The van der Waals surface area contributed by atoms with Gasteiger partial charge in [-0.15, -0.1) is 0 Å². The smallest absolute Gasteiger partial charge is 0.227 e. The lowest BCUT2D eigenvalue weighted by Crippen LogP contribution is -2.18. The van der Waals surface area contributed by atoms with E-state index in [-0.39, 0.29) is 11.8 Å². The summed E-state index contributed by atoms with van der Waals surface area (Å²) in [4.78, 5) is 20.2. The zero-order valence-corrected chi connectivity index (χ0v) is 13.5. The van der Waals surface area contributed by atoms with Gasteiger partial charge in [0.05, 0.1) is 18.5 Å². The van der Waals surface area contributed by atoms with Gasteiger partial charge in [-0.2, -0.15) is 0 Å². The average Bonchev–Trinajstić information content (AvgIpc) is 3.21. The molecule has 0 aliphatic carbocycles. The summed E-state index contributed by atoms with van der Waals surface area (Å²) in [5.74, 6) is 1.56. The molecule has 1 amide bonds. The lowest BCUT2D eigenvalue weighted by Gasteiger charge is -2.10. The third-order valence-corrected chi connectivity index (χ3v) is 4.55. The molecule has 2 N–H and O–H groups in total. The first-order chi connectivity index (χ1) is 11.8. The Bertz CT molecular complexity index is 886. The lowest BCUT2D eigenvalue weighted by atomic mass is 9.96. The normalized spacial score (nSPS) is 17.2.